The number of rotatable bonds is 4. The lowest BCUT2D eigenvalue weighted by Crippen LogP contribution is -2.37. The van der Waals surface area contributed by atoms with Crippen LogP contribution in [0.3, 0.4) is 0 Å². The number of hydrogen-bond donors (Lipinski definition) is 1. The van der Waals surface area contributed by atoms with Crippen molar-refractivity contribution < 1.29 is 4.74 Å². The molecule has 1 aliphatic heterocycles. The molecule has 1 aromatic carbocycles. The molecule has 2 atom stereocenters. The molecule has 2 unspecified atom stereocenters. The van der Waals surface area contributed by atoms with E-state index in [4.69, 9.17) is 4.74 Å². The summed E-state index contributed by atoms with van der Waals surface area (Å²) in [6, 6.07) is 8.72. The van der Waals surface area contributed by atoms with Gasteiger partial charge in [-0.15, -0.1) is 0 Å². The highest BCUT2D eigenvalue weighted by atomic mass is 16.5. The first kappa shape index (κ1) is 11.7. The average molecular weight is 245 g/mol. The Morgan fingerprint density at radius 2 is 2.39 bits per heavy atom. The number of nitrogens with zero attached hydrogens (tertiary/aromatic N) is 2. The van der Waals surface area contributed by atoms with Crippen molar-refractivity contribution in [3.63, 3.8) is 0 Å². The minimum atomic E-state index is 0.449. The van der Waals surface area contributed by atoms with Gasteiger partial charge >= 0.3 is 0 Å². The van der Waals surface area contributed by atoms with Crippen LogP contribution in [0, 0.1) is 5.92 Å². The molecule has 96 valence electrons. The Bertz CT molecular complexity index is 516. The first-order valence-electron chi connectivity index (χ1n) is 6.53. The number of ether oxygens (including phenoxy) is 1. The van der Waals surface area contributed by atoms with E-state index in [9.17, 15) is 0 Å². The first-order valence-corrected chi connectivity index (χ1v) is 6.53. The number of likely N-dealkylation sites (N-methyl/N-ethyl adjacent to an activating group) is 1. The molecule has 3 rings (SSSR count). The van der Waals surface area contributed by atoms with Gasteiger partial charge in [0, 0.05) is 25.1 Å². The summed E-state index contributed by atoms with van der Waals surface area (Å²) in [5.74, 6) is 0.608. The molecule has 0 radical (unpaired) electrons. The lowest BCUT2D eigenvalue weighted by atomic mass is 9.99. The summed E-state index contributed by atoms with van der Waals surface area (Å²) in [7, 11) is 2.03. The second-order valence-electron chi connectivity index (χ2n) is 4.90. The van der Waals surface area contributed by atoms with E-state index in [-0.39, 0.29) is 0 Å². The van der Waals surface area contributed by atoms with Crippen LogP contribution < -0.4 is 5.32 Å². The van der Waals surface area contributed by atoms with Crippen molar-refractivity contribution in [3.8, 4) is 0 Å². The van der Waals surface area contributed by atoms with Crippen LogP contribution in [-0.2, 0) is 11.3 Å². The summed E-state index contributed by atoms with van der Waals surface area (Å²) in [5, 5.41) is 3.42. The van der Waals surface area contributed by atoms with Gasteiger partial charge in [-0.2, -0.15) is 0 Å². The number of para-hydroxylation sites is 2. The molecule has 0 saturated carbocycles. The van der Waals surface area contributed by atoms with Gasteiger partial charge in [0.25, 0.3) is 0 Å². The van der Waals surface area contributed by atoms with E-state index in [0.717, 1.165) is 31.7 Å². The molecule has 2 heterocycles. The molecule has 1 N–H and O–H groups in total. The van der Waals surface area contributed by atoms with Crippen LogP contribution >= 0.6 is 0 Å². The number of fused-ring (bicyclic) bond motifs is 1. The molecule has 4 heteroatoms. The monoisotopic (exact) mass is 245 g/mol. The van der Waals surface area contributed by atoms with Crippen molar-refractivity contribution >= 4 is 11.0 Å². The van der Waals surface area contributed by atoms with Crippen molar-refractivity contribution in [1.29, 1.82) is 0 Å². The maximum atomic E-state index is 5.48. The van der Waals surface area contributed by atoms with Crippen LogP contribution in [0.15, 0.2) is 30.6 Å². The molecule has 1 saturated heterocycles. The van der Waals surface area contributed by atoms with E-state index in [2.05, 4.69) is 33.1 Å². The second kappa shape index (κ2) is 5.08. The van der Waals surface area contributed by atoms with Gasteiger partial charge in [-0.3, -0.25) is 0 Å². The van der Waals surface area contributed by atoms with Gasteiger partial charge in [0.1, 0.15) is 0 Å². The molecule has 0 aliphatic carbocycles. The predicted octanol–water partition coefficient (Wildman–Crippen LogP) is 1.66. The Morgan fingerprint density at radius 1 is 1.50 bits per heavy atom. The van der Waals surface area contributed by atoms with Crippen LogP contribution in [0.1, 0.15) is 6.42 Å². The fourth-order valence-corrected chi connectivity index (χ4v) is 2.71. The van der Waals surface area contributed by atoms with Gasteiger partial charge in [0.15, 0.2) is 0 Å². The zero-order valence-electron chi connectivity index (χ0n) is 10.7. The molecule has 18 heavy (non-hydrogen) atoms. The smallest absolute Gasteiger partial charge is 0.0958 e. The van der Waals surface area contributed by atoms with Crippen molar-refractivity contribution in [3.05, 3.63) is 30.6 Å². The first-order chi connectivity index (χ1) is 8.88. The molecule has 1 fully saturated rings. The van der Waals surface area contributed by atoms with Gasteiger partial charge in [0.05, 0.1) is 24.0 Å². The standard InChI is InChI=1S/C14H19N3O/c1-15-13(11-6-7-18-9-11)8-17-10-16-12-4-2-3-5-14(12)17/h2-5,10-11,13,15H,6-9H2,1H3. The second-order valence-corrected chi connectivity index (χ2v) is 4.90. The maximum absolute atomic E-state index is 5.48. The molecule has 1 aliphatic rings. The van der Waals surface area contributed by atoms with E-state index in [1.165, 1.54) is 5.52 Å². The normalized spacial score (nSPS) is 21.5. The largest absolute Gasteiger partial charge is 0.381 e. The highest BCUT2D eigenvalue weighted by Crippen LogP contribution is 2.20. The zero-order valence-corrected chi connectivity index (χ0v) is 10.7. The average Bonchev–Trinajstić information content (AvgIpc) is 3.06. The number of aromatic nitrogens is 2. The third-order valence-corrected chi connectivity index (χ3v) is 3.83. The van der Waals surface area contributed by atoms with Gasteiger partial charge in [-0.05, 0) is 25.6 Å². The van der Waals surface area contributed by atoms with Crippen LogP contribution in [0.25, 0.3) is 11.0 Å². The van der Waals surface area contributed by atoms with E-state index >= 15 is 0 Å². The maximum Gasteiger partial charge on any atom is 0.0958 e. The highest BCUT2D eigenvalue weighted by Gasteiger charge is 2.25. The predicted molar refractivity (Wildman–Crippen MR) is 71.5 cm³/mol. The van der Waals surface area contributed by atoms with Crippen molar-refractivity contribution in [1.82, 2.24) is 14.9 Å². The summed E-state index contributed by atoms with van der Waals surface area (Å²) >= 11 is 0. The minimum absolute atomic E-state index is 0.449. The molecule has 4 nitrogen and oxygen atoms in total. The van der Waals surface area contributed by atoms with E-state index in [1.54, 1.807) is 0 Å². The van der Waals surface area contributed by atoms with Gasteiger partial charge in [0.2, 0.25) is 0 Å². The summed E-state index contributed by atoms with van der Waals surface area (Å²) in [6.45, 7) is 2.72. The van der Waals surface area contributed by atoms with Crippen molar-refractivity contribution in [2.75, 3.05) is 20.3 Å². The van der Waals surface area contributed by atoms with Crippen LogP contribution in [-0.4, -0.2) is 35.9 Å². The van der Waals surface area contributed by atoms with E-state index < -0.39 is 0 Å². The molecular formula is C14H19N3O. The fourth-order valence-electron chi connectivity index (χ4n) is 2.71. The lowest BCUT2D eigenvalue weighted by molar-refractivity contribution is 0.175. The summed E-state index contributed by atoms with van der Waals surface area (Å²) in [4.78, 5) is 4.44. The third-order valence-electron chi connectivity index (χ3n) is 3.83. The number of benzene rings is 1. The minimum Gasteiger partial charge on any atom is -0.381 e. The van der Waals surface area contributed by atoms with Gasteiger partial charge in [-0.25, -0.2) is 4.98 Å². The topological polar surface area (TPSA) is 39.1 Å². The Kier molecular flexibility index (Phi) is 3.30. The number of hydrogen-bond acceptors (Lipinski definition) is 3. The zero-order chi connectivity index (χ0) is 12.4. The van der Waals surface area contributed by atoms with Gasteiger partial charge in [-0.1, -0.05) is 12.1 Å². The van der Waals surface area contributed by atoms with Crippen LogP contribution in [0.5, 0.6) is 0 Å². The lowest BCUT2D eigenvalue weighted by Gasteiger charge is -2.22. The van der Waals surface area contributed by atoms with Crippen LogP contribution in [0.2, 0.25) is 0 Å². The molecular weight excluding hydrogens is 226 g/mol. The summed E-state index contributed by atoms with van der Waals surface area (Å²) in [5.41, 5.74) is 2.27. The third kappa shape index (κ3) is 2.13. The number of nitrogens with one attached hydrogen (secondary N) is 1. The molecule has 0 spiro atoms. The Labute approximate surface area is 107 Å². The van der Waals surface area contributed by atoms with Gasteiger partial charge < -0.3 is 14.6 Å². The SMILES string of the molecule is CNC(Cn1cnc2ccccc21)C1CCOC1. The van der Waals surface area contributed by atoms with E-state index in [0.29, 0.717) is 12.0 Å². The Hall–Kier alpha value is -1.39. The highest BCUT2D eigenvalue weighted by molar-refractivity contribution is 5.74. The molecule has 0 bridgehead atoms. The summed E-state index contributed by atoms with van der Waals surface area (Å²) in [6.07, 6.45) is 3.09. The van der Waals surface area contributed by atoms with E-state index in [1.807, 2.05) is 19.4 Å². The molecule has 1 aromatic heterocycles. The Morgan fingerprint density at radius 3 is 3.17 bits per heavy atom. The molecule has 2 aromatic rings. The molecule has 0 amide bonds. The summed E-state index contributed by atoms with van der Waals surface area (Å²) < 4.78 is 7.71. The van der Waals surface area contributed by atoms with Crippen molar-refractivity contribution in [2.24, 2.45) is 5.92 Å². The van der Waals surface area contributed by atoms with Crippen LogP contribution in [0.4, 0.5) is 0 Å². The quantitative estimate of drug-likeness (QED) is 0.890. The Balaban J connectivity index is 1.81. The van der Waals surface area contributed by atoms with Crippen molar-refractivity contribution in [2.45, 2.75) is 19.0 Å². The fraction of sp³-hybridized carbons (Fsp3) is 0.500. The number of imidazole rings is 1.